The first-order valence-electron chi connectivity index (χ1n) is 10.2. The number of pyridine rings is 1. The number of aliphatic hydroxyl groups excluding tert-OH is 1. The van der Waals surface area contributed by atoms with Gasteiger partial charge in [-0.25, -0.2) is 18.1 Å². The molecule has 0 aromatic carbocycles. The molecule has 34 heavy (non-hydrogen) atoms. The highest BCUT2D eigenvalue weighted by Crippen LogP contribution is 2.33. The number of aliphatic hydroxyl groups is 1. The molecule has 0 saturated heterocycles. The topological polar surface area (TPSA) is 115 Å². The summed E-state index contributed by atoms with van der Waals surface area (Å²) in [6, 6.07) is 4.87. The van der Waals surface area contributed by atoms with Crippen LogP contribution in [0.5, 0.6) is 0 Å². The van der Waals surface area contributed by atoms with E-state index in [1.54, 1.807) is 20.8 Å². The molecule has 0 aliphatic carbocycles. The molecule has 1 N–H and O–H groups in total. The van der Waals surface area contributed by atoms with Crippen LogP contribution in [-0.2, 0) is 21.3 Å². The Bertz CT molecular complexity index is 1310. The first-order chi connectivity index (χ1) is 15.7. The first-order valence-corrected chi connectivity index (χ1v) is 11.6. The molecule has 3 aromatic heterocycles. The third kappa shape index (κ3) is 5.12. The van der Waals surface area contributed by atoms with Gasteiger partial charge in [-0.15, -0.1) is 0 Å². The molecular formula is C22H25F2N3O6S. The second-order valence-electron chi connectivity index (χ2n) is 8.63. The van der Waals surface area contributed by atoms with Crippen LogP contribution >= 0.6 is 0 Å². The molecule has 9 nitrogen and oxygen atoms in total. The highest BCUT2D eigenvalue weighted by Gasteiger charge is 2.32. The number of carbonyl (C=O) groups excluding carboxylic acids is 1. The van der Waals surface area contributed by atoms with Gasteiger partial charge in [-0.3, -0.25) is 0 Å². The minimum Gasteiger partial charge on any atom is -0.445 e. The summed E-state index contributed by atoms with van der Waals surface area (Å²) in [6.07, 6.45) is 0.234. The van der Waals surface area contributed by atoms with Gasteiger partial charge in [0.1, 0.15) is 23.2 Å². The van der Waals surface area contributed by atoms with Crippen LogP contribution in [0, 0.1) is 11.8 Å². The third-order valence-electron chi connectivity index (χ3n) is 4.64. The summed E-state index contributed by atoms with van der Waals surface area (Å²) in [7, 11) is -3.21. The first kappa shape index (κ1) is 25.4. The van der Waals surface area contributed by atoms with E-state index in [9.17, 15) is 22.7 Å². The summed E-state index contributed by atoms with van der Waals surface area (Å²) >= 11 is 0. The molecule has 3 aromatic rings. The van der Waals surface area contributed by atoms with E-state index < -0.39 is 55.9 Å². The molecule has 3 rings (SSSR count). The lowest BCUT2D eigenvalue weighted by Gasteiger charge is -2.24. The van der Waals surface area contributed by atoms with Crippen molar-refractivity contribution in [3.8, 4) is 11.3 Å². The van der Waals surface area contributed by atoms with Crippen LogP contribution in [0.2, 0.25) is 0 Å². The lowest BCUT2D eigenvalue weighted by molar-refractivity contribution is 0.0284. The molecule has 0 radical (unpaired) electrons. The van der Waals surface area contributed by atoms with Crippen molar-refractivity contribution in [2.24, 2.45) is 0 Å². The van der Waals surface area contributed by atoms with Crippen LogP contribution in [0.15, 0.2) is 46.2 Å². The zero-order chi connectivity index (χ0) is 25.4. The Morgan fingerprint density at radius 3 is 2.53 bits per heavy atom. The molecule has 12 heteroatoms. The van der Waals surface area contributed by atoms with Crippen molar-refractivity contribution in [2.75, 3.05) is 7.05 Å². The van der Waals surface area contributed by atoms with Crippen molar-refractivity contribution in [1.29, 1.82) is 0 Å². The van der Waals surface area contributed by atoms with Crippen LogP contribution in [0.3, 0.4) is 0 Å². The van der Waals surface area contributed by atoms with Crippen molar-refractivity contribution in [2.45, 2.75) is 51.0 Å². The molecule has 1 unspecified atom stereocenters. The Morgan fingerprint density at radius 1 is 1.29 bits per heavy atom. The lowest BCUT2D eigenvalue weighted by atomic mass is 10.1. The zero-order valence-electron chi connectivity index (χ0n) is 19.2. The van der Waals surface area contributed by atoms with E-state index in [4.69, 9.17) is 9.15 Å². The van der Waals surface area contributed by atoms with E-state index in [1.165, 1.54) is 32.2 Å². The Kier molecular flexibility index (Phi) is 6.85. The molecule has 184 valence electrons. The van der Waals surface area contributed by atoms with Crippen molar-refractivity contribution < 1.29 is 36.3 Å². The van der Waals surface area contributed by atoms with E-state index in [0.29, 0.717) is 3.97 Å². The van der Waals surface area contributed by atoms with Crippen molar-refractivity contribution >= 4 is 16.1 Å². The SMILES string of the molecule is CC(O)c1ccc(S(=O)(=O)n2cc(CN(C)C(=O)OC(C)(C)C)c(F)c2-c2cccnc2F)o1. The highest BCUT2D eigenvalue weighted by molar-refractivity contribution is 7.89. The molecule has 0 saturated carbocycles. The van der Waals surface area contributed by atoms with Gasteiger partial charge in [0.2, 0.25) is 11.0 Å². The van der Waals surface area contributed by atoms with Crippen LogP contribution in [-0.4, -0.2) is 46.1 Å². The summed E-state index contributed by atoms with van der Waals surface area (Å²) < 4.78 is 67.7. The quantitative estimate of drug-likeness (QED) is 0.510. The molecular weight excluding hydrogens is 472 g/mol. The fourth-order valence-corrected chi connectivity index (χ4v) is 4.39. The summed E-state index contributed by atoms with van der Waals surface area (Å²) in [5, 5.41) is 9.07. The van der Waals surface area contributed by atoms with Crippen molar-refractivity contribution in [3.05, 3.63) is 59.7 Å². The van der Waals surface area contributed by atoms with E-state index in [0.717, 1.165) is 23.4 Å². The van der Waals surface area contributed by atoms with Gasteiger partial charge in [-0.05, 0) is 52.0 Å². The lowest BCUT2D eigenvalue weighted by Crippen LogP contribution is -2.33. The van der Waals surface area contributed by atoms with Gasteiger partial charge in [0.25, 0.3) is 0 Å². The maximum atomic E-state index is 15.6. The predicted octanol–water partition coefficient (Wildman–Crippen LogP) is 4.08. The fourth-order valence-electron chi connectivity index (χ4n) is 3.07. The smallest absolute Gasteiger partial charge is 0.410 e. The number of hydrogen-bond acceptors (Lipinski definition) is 7. The molecule has 3 heterocycles. The summed E-state index contributed by atoms with van der Waals surface area (Å²) in [5.74, 6) is -2.18. The normalized spacial score (nSPS) is 13.1. The average molecular weight is 498 g/mol. The van der Waals surface area contributed by atoms with Gasteiger partial charge in [-0.2, -0.15) is 12.8 Å². The van der Waals surface area contributed by atoms with E-state index in [-0.39, 0.29) is 17.9 Å². The Hall–Kier alpha value is -3.25. The number of carbonyl (C=O) groups is 1. The van der Waals surface area contributed by atoms with E-state index in [2.05, 4.69) is 4.98 Å². The predicted molar refractivity (Wildman–Crippen MR) is 117 cm³/mol. The van der Waals surface area contributed by atoms with Crippen LogP contribution in [0.1, 0.15) is 45.1 Å². The van der Waals surface area contributed by atoms with Crippen molar-refractivity contribution in [3.63, 3.8) is 0 Å². The van der Waals surface area contributed by atoms with Crippen LogP contribution in [0.4, 0.5) is 13.6 Å². The van der Waals surface area contributed by atoms with E-state index in [1.807, 2.05) is 0 Å². The molecule has 0 bridgehead atoms. The largest absolute Gasteiger partial charge is 0.445 e. The standard InChI is InChI=1S/C22H25F2N3O6S/c1-13(28)16-8-9-17(32-16)34(30,31)27-12-14(11-26(5)21(29)33-22(2,3)4)18(23)19(27)15-7-6-10-25-20(15)24/h6-10,12-13,28H,11H2,1-5H3. The third-order valence-corrected chi connectivity index (χ3v) is 6.17. The molecule has 1 atom stereocenters. The monoisotopic (exact) mass is 497 g/mol. The van der Waals surface area contributed by atoms with Gasteiger partial charge in [0.15, 0.2) is 5.82 Å². The minimum absolute atomic E-state index is 0.0230. The van der Waals surface area contributed by atoms with Crippen LogP contribution < -0.4 is 0 Å². The Labute approximate surface area is 195 Å². The van der Waals surface area contributed by atoms with E-state index >= 15 is 4.39 Å². The minimum atomic E-state index is -4.56. The second-order valence-corrected chi connectivity index (χ2v) is 10.4. The van der Waals surface area contributed by atoms with Gasteiger partial charge in [0.05, 0.1) is 12.1 Å². The van der Waals surface area contributed by atoms with Gasteiger partial charge in [-0.1, -0.05) is 0 Å². The maximum Gasteiger partial charge on any atom is 0.410 e. The zero-order valence-corrected chi connectivity index (χ0v) is 20.1. The number of ether oxygens (including phenoxy) is 1. The summed E-state index contributed by atoms with van der Waals surface area (Å²) in [5.41, 5.74) is -2.04. The van der Waals surface area contributed by atoms with Gasteiger partial charge < -0.3 is 19.2 Å². The number of aromatic nitrogens is 2. The summed E-state index contributed by atoms with van der Waals surface area (Å²) in [6.45, 7) is 6.00. The molecule has 0 spiro atoms. The van der Waals surface area contributed by atoms with Crippen molar-refractivity contribution in [1.82, 2.24) is 13.9 Å². The van der Waals surface area contributed by atoms with Crippen LogP contribution in [0.25, 0.3) is 11.3 Å². The maximum absolute atomic E-state index is 15.6. The number of rotatable bonds is 6. The molecule has 0 fully saturated rings. The van der Waals surface area contributed by atoms with Gasteiger partial charge in [0, 0.05) is 25.0 Å². The number of halogens is 2. The number of amides is 1. The number of furan rings is 1. The highest BCUT2D eigenvalue weighted by atomic mass is 32.2. The molecule has 0 aliphatic rings. The second kappa shape index (κ2) is 9.18. The number of nitrogens with zero attached hydrogens (tertiary/aromatic N) is 3. The van der Waals surface area contributed by atoms with Gasteiger partial charge >= 0.3 is 16.1 Å². The average Bonchev–Trinajstić information content (AvgIpc) is 3.34. The Morgan fingerprint density at radius 2 is 1.97 bits per heavy atom. The number of hydrogen-bond donors (Lipinski definition) is 1. The Balaban J connectivity index is 2.13. The molecule has 0 aliphatic heterocycles. The summed E-state index contributed by atoms with van der Waals surface area (Å²) in [4.78, 5) is 16.9. The molecule has 1 amide bonds. The fraction of sp³-hybridized carbons (Fsp3) is 0.364.